The van der Waals surface area contributed by atoms with Crippen LogP contribution in [0.25, 0.3) is 11.1 Å². The van der Waals surface area contributed by atoms with Crippen molar-refractivity contribution in [3.8, 4) is 11.1 Å². The molecule has 0 N–H and O–H groups in total. The van der Waals surface area contributed by atoms with E-state index in [0.717, 1.165) is 42.6 Å². The van der Waals surface area contributed by atoms with Crippen LogP contribution in [0.3, 0.4) is 0 Å². The van der Waals surface area contributed by atoms with E-state index in [4.69, 9.17) is 0 Å². The van der Waals surface area contributed by atoms with Gasteiger partial charge in [-0.25, -0.2) is 0 Å². The van der Waals surface area contributed by atoms with Gasteiger partial charge >= 0.3 is 0 Å². The maximum atomic E-state index is 12.7. The first kappa shape index (κ1) is 13.9. The third-order valence-electron chi connectivity index (χ3n) is 4.11. The van der Waals surface area contributed by atoms with E-state index in [1.807, 2.05) is 41.3 Å². The van der Waals surface area contributed by atoms with Crippen molar-refractivity contribution in [1.29, 1.82) is 0 Å². The maximum Gasteiger partial charge on any atom is 0.253 e. The van der Waals surface area contributed by atoms with E-state index in [2.05, 4.69) is 18.2 Å². The number of benzene rings is 2. The molecule has 1 saturated heterocycles. The molecule has 21 heavy (non-hydrogen) atoms. The van der Waals surface area contributed by atoms with Crippen LogP contribution in [-0.4, -0.2) is 23.9 Å². The van der Waals surface area contributed by atoms with Crippen molar-refractivity contribution in [2.75, 3.05) is 13.1 Å². The van der Waals surface area contributed by atoms with Crippen LogP contribution in [0.15, 0.2) is 54.6 Å². The van der Waals surface area contributed by atoms with Gasteiger partial charge in [-0.05, 0) is 36.1 Å². The van der Waals surface area contributed by atoms with Crippen LogP contribution in [0.2, 0.25) is 0 Å². The first-order chi connectivity index (χ1) is 10.3. The van der Waals surface area contributed by atoms with E-state index in [9.17, 15) is 4.79 Å². The average Bonchev–Trinajstić information content (AvgIpc) is 2.84. The normalized spacial score (nSPS) is 15.5. The van der Waals surface area contributed by atoms with Crippen LogP contribution in [0.5, 0.6) is 0 Å². The van der Waals surface area contributed by atoms with Crippen LogP contribution in [0.4, 0.5) is 0 Å². The van der Waals surface area contributed by atoms with Crippen molar-refractivity contribution in [2.24, 2.45) is 0 Å². The minimum atomic E-state index is 0.176. The highest BCUT2D eigenvalue weighted by atomic mass is 16.2. The second kappa shape index (κ2) is 6.57. The number of likely N-dealkylation sites (tertiary alicyclic amines) is 1. The summed E-state index contributed by atoms with van der Waals surface area (Å²) in [6.45, 7) is 1.79. The van der Waals surface area contributed by atoms with Gasteiger partial charge in [0.15, 0.2) is 0 Å². The second-order valence-electron chi connectivity index (χ2n) is 5.65. The van der Waals surface area contributed by atoms with Gasteiger partial charge in [-0.3, -0.25) is 4.79 Å². The second-order valence-corrected chi connectivity index (χ2v) is 5.65. The van der Waals surface area contributed by atoms with Gasteiger partial charge in [0.25, 0.3) is 5.91 Å². The molecule has 2 aromatic carbocycles. The van der Waals surface area contributed by atoms with Crippen molar-refractivity contribution in [2.45, 2.75) is 25.7 Å². The summed E-state index contributed by atoms with van der Waals surface area (Å²) in [5.74, 6) is 0.176. The molecule has 1 amide bonds. The lowest BCUT2D eigenvalue weighted by molar-refractivity contribution is 0.0761. The first-order valence-electron chi connectivity index (χ1n) is 7.79. The fraction of sp³-hybridized carbons (Fsp3) is 0.316. The molecule has 1 aliphatic heterocycles. The van der Waals surface area contributed by atoms with Gasteiger partial charge < -0.3 is 4.90 Å². The molecule has 108 valence electrons. The number of hydrogen-bond donors (Lipinski definition) is 0. The summed E-state index contributed by atoms with van der Waals surface area (Å²) in [5, 5.41) is 0. The van der Waals surface area contributed by atoms with Crippen LogP contribution in [0, 0.1) is 0 Å². The molecule has 3 rings (SSSR count). The van der Waals surface area contributed by atoms with Gasteiger partial charge in [0, 0.05) is 18.7 Å². The molecule has 0 spiro atoms. The van der Waals surface area contributed by atoms with Crippen molar-refractivity contribution in [3.63, 3.8) is 0 Å². The van der Waals surface area contributed by atoms with Gasteiger partial charge in [-0.15, -0.1) is 0 Å². The molecule has 1 fully saturated rings. The van der Waals surface area contributed by atoms with Crippen molar-refractivity contribution in [1.82, 2.24) is 4.90 Å². The van der Waals surface area contributed by atoms with Crippen molar-refractivity contribution < 1.29 is 4.79 Å². The molecule has 0 atom stereocenters. The van der Waals surface area contributed by atoms with E-state index in [-0.39, 0.29) is 5.91 Å². The number of hydrogen-bond acceptors (Lipinski definition) is 1. The monoisotopic (exact) mass is 279 g/mol. The highest BCUT2D eigenvalue weighted by Gasteiger charge is 2.17. The van der Waals surface area contributed by atoms with Crippen LogP contribution in [0.1, 0.15) is 36.0 Å². The Balaban J connectivity index is 1.84. The molecule has 0 bridgehead atoms. The number of carbonyl (C=O) groups is 1. The third kappa shape index (κ3) is 3.33. The minimum Gasteiger partial charge on any atom is -0.339 e. The van der Waals surface area contributed by atoms with E-state index in [1.165, 1.54) is 12.8 Å². The highest BCUT2D eigenvalue weighted by Crippen LogP contribution is 2.21. The number of carbonyl (C=O) groups excluding carboxylic acids is 1. The summed E-state index contributed by atoms with van der Waals surface area (Å²) in [5.41, 5.74) is 3.07. The lowest BCUT2D eigenvalue weighted by Gasteiger charge is -2.20. The minimum absolute atomic E-state index is 0.176. The highest BCUT2D eigenvalue weighted by molar-refractivity contribution is 5.95. The summed E-state index contributed by atoms with van der Waals surface area (Å²) in [6, 6.07) is 18.2. The van der Waals surface area contributed by atoms with Crippen LogP contribution in [-0.2, 0) is 0 Å². The Hall–Kier alpha value is -2.09. The molecule has 1 aliphatic rings. The molecule has 0 saturated carbocycles. The molecule has 2 heteroatoms. The average molecular weight is 279 g/mol. The maximum absolute atomic E-state index is 12.7. The Morgan fingerprint density at radius 1 is 0.762 bits per heavy atom. The zero-order valence-electron chi connectivity index (χ0n) is 12.3. The predicted octanol–water partition coefficient (Wildman–Crippen LogP) is 4.37. The Labute approximate surface area is 126 Å². The summed E-state index contributed by atoms with van der Waals surface area (Å²) < 4.78 is 0. The summed E-state index contributed by atoms with van der Waals surface area (Å²) in [4.78, 5) is 14.7. The van der Waals surface area contributed by atoms with E-state index in [0.29, 0.717) is 0 Å². The van der Waals surface area contributed by atoms with E-state index >= 15 is 0 Å². The molecule has 0 radical (unpaired) electrons. The molecule has 2 nitrogen and oxygen atoms in total. The van der Waals surface area contributed by atoms with Crippen molar-refractivity contribution in [3.05, 3.63) is 60.2 Å². The third-order valence-corrected chi connectivity index (χ3v) is 4.11. The quantitative estimate of drug-likeness (QED) is 0.799. The van der Waals surface area contributed by atoms with Gasteiger partial charge in [-0.2, -0.15) is 0 Å². The summed E-state index contributed by atoms with van der Waals surface area (Å²) in [7, 11) is 0. The van der Waals surface area contributed by atoms with Gasteiger partial charge in [0.05, 0.1) is 0 Å². The standard InChI is InChI=1S/C19H21NO/c21-19(20-13-6-1-2-7-14-20)18-12-8-11-17(15-18)16-9-4-3-5-10-16/h3-5,8-12,15H,1-2,6-7,13-14H2. The number of nitrogens with zero attached hydrogens (tertiary/aromatic N) is 1. The molecule has 2 aromatic rings. The first-order valence-corrected chi connectivity index (χ1v) is 7.79. The van der Waals surface area contributed by atoms with E-state index < -0.39 is 0 Å². The molecule has 0 unspecified atom stereocenters. The smallest absolute Gasteiger partial charge is 0.253 e. The fourth-order valence-electron chi connectivity index (χ4n) is 2.92. The van der Waals surface area contributed by atoms with E-state index in [1.54, 1.807) is 0 Å². The molecule has 1 heterocycles. The molecule has 0 aromatic heterocycles. The Morgan fingerprint density at radius 3 is 2.14 bits per heavy atom. The Bertz CT molecular complexity index is 598. The topological polar surface area (TPSA) is 20.3 Å². The van der Waals surface area contributed by atoms with Gasteiger partial charge in [-0.1, -0.05) is 55.3 Å². The Kier molecular flexibility index (Phi) is 4.34. The fourth-order valence-corrected chi connectivity index (χ4v) is 2.92. The zero-order valence-corrected chi connectivity index (χ0v) is 12.3. The van der Waals surface area contributed by atoms with Gasteiger partial charge in [0.2, 0.25) is 0 Å². The van der Waals surface area contributed by atoms with Crippen molar-refractivity contribution >= 4 is 5.91 Å². The predicted molar refractivity (Wildman–Crippen MR) is 86.2 cm³/mol. The van der Waals surface area contributed by atoms with Gasteiger partial charge in [0.1, 0.15) is 0 Å². The molecular weight excluding hydrogens is 258 g/mol. The lowest BCUT2D eigenvalue weighted by Crippen LogP contribution is -2.31. The van der Waals surface area contributed by atoms with Crippen LogP contribution >= 0.6 is 0 Å². The lowest BCUT2D eigenvalue weighted by atomic mass is 10.0. The molecular formula is C19H21NO. The number of rotatable bonds is 2. The van der Waals surface area contributed by atoms with Crippen LogP contribution < -0.4 is 0 Å². The SMILES string of the molecule is O=C(c1cccc(-c2ccccc2)c1)N1CCCCCC1. The number of amides is 1. The zero-order chi connectivity index (χ0) is 14.5. The summed E-state index contributed by atoms with van der Waals surface area (Å²) in [6.07, 6.45) is 4.75. The summed E-state index contributed by atoms with van der Waals surface area (Å²) >= 11 is 0. The molecule has 0 aliphatic carbocycles. The Morgan fingerprint density at radius 2 is 1.43 bits per heavy atom. The largest absolute Gasteiger partial charge is 0.339 e.